The maximum Gasteiger partial charge on any atom is 0.272 e. The number of anilines is 1. The highest BCUT2D eigenvalue weighted by Crippen LogP contribution is 2.25. The van der Waals surface area contributed by atoms with E-state index in [4.69, 9.17) is 0 Å². The van der Waals surface area contributed by atoms with E-state index < -0.39 is 0 Å². The smallest absolute Gasteiger partial charge is 0.272 e. The van der Waals surface area contributed by atoms with Crippen molar-refractivity contribution < 1.29 is 4.79 Å². The zero-order chi connectivity index (χ0) is 20.9. The average Bonchev–Trinajstić information content (AvgIpc) is 2.78. The van der Waals surface area contributed by atoms with Gasteiger partial charge in [0.2, 0.25) is 5.91 Å². The summed E-state index contributed by atoms with van der Waals surface area (Å²) in [6, 6.07) is 15.8. The molecule has 6 heteroatoms. The van der Waals surface area contributed by atoms with E-state index in [9.17, 15) is 9.59 Å². The molecule has 4 rings (SSSR count). The first kappa shape index (κ1) is 20.3. The Kier molecular flexibility index (Phi) is 6.23. The molecule has 1 aliphatic rings. The molecule has 156 valence electrons. The number of aromatic nitrogens is 2. The number of fused-ring (bicyclic) bond motifs is 1. The number of H-pyrrole nitrogens is 1. The number of nitrogens with zero attached hydrogens (tertiary/aromatic N) is 2. The van der Waals surface area contributed by atoms with Crippen LogP contribution in [0.3, 0.4) is 0 Å². The molecule has 0 unspecified atom stereocenters. The molecule has 2 N–H and O–H groups in total. The Hall–Kier alpha value is -2.99. The lowest BCUT2D eigenvalue weighted by Crippen LogP contribution is -2.33. The van der Waals surface area contributed by atoms with E-state index in [1.165, 1.54) is 32.1 Å². The van der Waals surface area contributed by atoms with Crippen LogP contribution in [-0.2, 0) is 17.8 Å². The van der Waals surface area contributed by atoms with E-state index in [1.54, 1.807) is 12.1 Å². The number of hydrogen-bond acceptors (Lipinski definition) is 4. The normalized spacial score (nSPS) is 14.9. The van der Waals surface area contributed by atoms with Crippen LogP contribution >= 0.6 is 0 Å². The minimum Gasteiger partial charge on any atom is -0.325 e. The Labute approximate surface area is 176 Å². The first-order chi connectivity index (χ1) is 14.6. The van der Waals surface area contributed by atoms with Crippen LogP contribution in [0.15, 0.2) is 53.3 Å². The molecule has 30 heavy (non-hydrogen) atoms. The number of para-hydroxylation sites is 1. The summed E-state index contributed by atoms with van der Waals surface area (Å²) in [7, 11) is 2.17. The second-order valence-electron chi connectivity index (χ2n) is 8.13. The van der Waals surface area contributed by atoms with Gasteiger partial charge in [-0.2, -0.15) is 5.10 Å². The van der Waals surface area contributed by atoms with Crippen LogP contribution in [0.25, 0.3) is 10.8 Å². The van der Waals surface area contributed by atoms with Crippen molar-refractivity contribution >= 4 is 22.4 Å². The minimum atomic E-state index is -0.245. The number of rotatable bonds is 6. The van der Waals surface area contributed by atoms with Crippen molar-refractivity contribution in [3.8, 4) is 0 Å². The molecule has 0 radical (unpaired) electrons. The van der Waals surface area contributed by atoms with Gasteiger partial charge in [-0.25, -0.2) is 5.10 Å². The number of aromatic amines is 1. The van der Waals surface area contributed by atoms with Gasteiger partial charge in [0.05, 0.1) is 17.5 Å². The van der Waals surface area contributed by atoms with Gasteiger partial charge in [0.25, 0.3) is 5.56 Å². The molecule has 1 aliphatic carbocycles. The van der Waals surface area contributed by atoms with Gasteiger partial charge in [-0.1, -0.05) is 55.7 Å². The first-order valence-electron chi connectivity index (χ1n) is 10.7. The van der Waals surface area contributed by atoms with Crippen LogP contribution in [0.1, 0.15) is 43.4 Å². The third-order valence-corrected chi connectivity index (χ3v) is 6.01. The first-order valence-corrected chi connectivity index (χ1v) is 10.7. The Morgan fingerprint density at radius 1 is 1.07 bits per heavy atom. The number of amides is 1. The van der Waals surface area contributed by atoms with Gasteiger partial charge in [-0.15, -0.1) is 0 Å². The quantitative estimate of drug-likeness (QED) is 0.654. The molecule has 0 aliphatic heterocycles. The molecule has 0 atom stereocenters. The molecule has 1 saturated carbocycles. The largest absolute Gasteiger partial charge is 0.325 e. The maximum atomic E-state index is 12.8. The average molecular weight is 405 g/mol. The highest BCUT2D eigenvalue weighted by molar-refractivity contribution is 5.95. The second kappa shape index (κ2) is 9.22. The topological polar surface area (TPSA) is 78.1 Å². The summed E-state index contributed by atoms with van der Waals surface area (Å²) in [5.41, 5.74) is 2.27. The summed E-state index contributed by atoms with van der Waals surface area (Å²) in [5.74, 6) is -0.146. The molecule has 1 fully saturated rings. The third-order valence-electron chi connectivity index (χ3n) is 6.01. The Bertz CT molecular complexity index is 1090. The highest BCUT2D eigenvalue weighted by Gasteiger charge is 2.19. The van der Waals surface area contributed by atoms with E-state index in [2.05, 4.69) is 33.5 Å². The number of hydrogen-bond donors (Lipinski definition) is 2. The highest BCUT2D eigenvalue weighted by atomic mass is 16.1. The monoisotopic (exact) mass is 404 g/mol. The summed E-state index contributed by atoms with van der Waals surface area (Å²) in [6.07, 6.45) is 6.53. The number of nitrogens with one attached hydrogen (secondary N) is 2. The Morgan fingerprint density at radius 2 is 1.77 bits per heavy atom. The van der Waals surface area contributed by atoms with Crippen LogP contribution in [0.2, 0.25) is 0 Å². The van der Waals surface area contributed by atoms with E-state index in [0.717, 1.165) is 17.8 Å². The SMILES string of the molecule is CN(Cc1ccccc1NC(=O)Cc1n[nH]c(=O)c2ccccc12)C1CCCCC1. The van der Waals surface area contributed by atoms with Gasteiger partial charge in [0.15, 0.2) is 0 Å². The summed E-state index contributed by atoms with van der Waals surface area (Å²) in [4.78, 5) is 27.2. The predicted octanol–water partition coefficient (Wildman–Crippen LogP) is 3.87. The lowest BCUT2D eigenvalue weighted by molar-refractivity contribution is -0.115. The van der Waals surface area contributed by atoms with Crippen LogP contribution in [0.5, 0.6) is 0 Å². The van der Waals surface area contributed by atoms with Crippen molar-refractivity contribution in [1.29, 1.82) is 0 Å². The molecular weight excluding hydrogens is 376 g/mol. The van der Waals surface area contributed by atoms with Crippen LogP contribution in [-0.4, -0.2) is 34.1 Å². The number of carbonyl (C=O) groups is 1. The van der Waals surface area contributed by atoms with Crippen LogP contribution in [0, 0.1) is 0 Å². The van der Waals surface area contributed by atoms with Gasteiger partial charge < -0.3 is 5.32 Å². The van der Waals surface area contributed by atoms with E-state index in [0.29, 0.717) is 22.5 Å². The van der Waals surface area contributed by atoms with Crippen molar-refractivity contribution in [2.24, 2.45) is 0 Å². The van der Waals surface area contributed by atoms with Crippen molar-refractivity contribution in [3.05, 3.63) is 70.1 Å². The van der Waals surface area contributed by atoms with Gasteiger partial charge in [-0.3, -0.25) is 14.5 Å². The van der Waals surface area contributed by atoms with Gasteiger partial charge in [0, 0.05) is 23.7 Å². The lowest BCUT2D eigenvalue weighted by Gasteiger charge is -2.31. The lowest BCUT2D eigenvalue weighted by atomic mass is 9.94. The van der Waals surface area contributed by atoms with Crippen LogP contribution < -0.4 is 10.9 Å². The molecular formula is C24H28N4O2. The zero-order valence-electron chi connectivity index (χ0n) is 17.4. The standard InChI is InChI=1S/C24H28N4O2/c1-28(18-10-3-2-4-11-18)16-17-9-5-8-14-21(17)25-23(29)15-22-19-12-6-7-13-20(19)24(30)27-26-22/h5-9,12-14,18H,2-4,10-11,15-16H2,1H3,(H,25,29)(H,27,30). The fraction of sp³-hybridized carbons (Fsp3) is 0.375. The Morgan fingerprint density at radius 3 is 2.57 bits per heavy atom. The fourth-order valence-corrected chi connectivity index (χ4v) is 4.35. The van der Waals surface area contributed by atoms with E-state index >= 15 is 0 Å². The summed E-state index contributed by atoms with van der Waals surface area (Å²) < 4.78 is 0. The van der Waals surface area contributed by atoms with Crippen LogP contribution in [0.4, 0.5) is 5.69 Å². The summed E-state index contributed by atoms with van der Waals surface area (Å²) in [5, 5.41) is 10.9. The van der Waals surface area contributed by atoms with Gasteiger partial charge in [-0.05, 0) is 37.6 Å². The molecule has 1 amide bonds. The van der Waals surface area contributed by atoms with Crippen molar-refractivity contribution in [3.63, 3.8) is 0 Å². The van der Waals surface area contributed by atoms with Gasteiger partial charge in [0.1, 0.15) is 0 Å². The number of benzene rings is 2. The molecule has 1 heterocycles. The Balaban J connectivity index is 1.48. The summed E-state index contributed by atoms with van der Waals surface area (Å²) in [6.45, 7) is 0.807. The third kappa shape index (κ3) is 4.60. The maximum absolute atomic E-state index is 12.8. The van der Waals surface area contributed by atoms with Crippen molar-refractivity contribution in [2.45, 2.75) is 51.1 Å². The second-order valence-corrected chi connectivity index (χ2v) is 8.13. The van der Waals surface area contributed by atoms with E-state index in [-0.39, 0.29) is 17.9 Å². The molecule has 3 aromatic rings. The zero-order valence-corrected chi connectivity index (χ0v) is 17.4. The molecule has 1 aromatic heterocycles. The minimum absolute atomic E-state index is 0.101. The fourth-order valence-electron chi connectivity index (χ4n) is 4.35. The number of carbonyl (C=O) groups excluding carboxylic acids is 1. The van der Waals surface area contributed by atoms with Gasteiger partial charge >= 0.3 is 0 Å². The molecule has 0 spiro atoms. The van der Waals surface area contributed by atoms with Crippen molar-refractivity contribution in [1.82, 2.24) is 15.1 Å². The predicted molar refractivity (Wildman–Crippen MR) is 119 cm³/mol. The molecule has 0 saturated heterocycles. The van der Waals surface area contributed by atoms with E-state index in [1.807, 2.05) is 30.3 Å². The summed E-state index contributed by atoms with van der Waals surface area (Å²) >= 11 is 0. The molecule has 2 aromatic carbocycles. The molecule has 0 bridgehead atoms. The van der Waals surface area contributed by atoms with Crippen molar-refractivity contribution in [2.75, 3.05) is 12.4 Å². The molecule has 6 nitrogen and oxygen atoms in total.